The van der Waals surface area contributed by atoms with E-state index >= 15 is 0 Å². The van der Waals surface area contributed by atoms with E-state index in [1.54, 1.807) is 6.26 Å². The lowest BCUT2D eigenvalue weighted by molar-refractivity contribution is -0.142. The van der Waals surface area contributed by atoms with Crippen molar-refractivity contribution in [3.63, 3.8) is 0 Å². The van der Waals surface area contributed by atoms with Crippen molar-refractivity contribution in [2.75, 3.05) is 20.2 Å². The highest BCUT2D eigenvalue weighted by Gasteiger charge is 2.14. The molecule has 0 atom stereocenters. The molecule has 0 radical (unpaired) electrons. The average Bonchev–Trinajstić information content (AvgIpc) is 2.97. The van der Waals surface area contributed by atoms with Gasteiger partial charge in [0.1, 0.15) is 6.26 Å². The monoisotopic (exact) mass is 288 g/mol. The Balaban J connectivity index is 2.04. The van der Waals surface area contributed by atoms with Crippen LogP contribution in [0.5, 0.6) is 0 Å². The number of esters is 1. The first kappa shape index (κ1) is 15.3. The molecule has 5 nitrogen and oxygen atoms in total. The summed E-state index contributed by atoms with van der Waals surface area (Å²) in [6, 6.07) is 9.74. The van der Waals surface area contributed by atoms with Gasteiger partial charge in [-0.1, -0.05) is 25.1 Å². The highest BCUT2D eigenvalue weighted by Crippen LogP contribution is 2.18. The van der Waals surface area contributed by atoms with E-state index in [0.29, 0.717) is 12.4 Å². The third-order valence-electron chi connectivity index (χ3n) is 3.08. The highest BCUT2D eigenvalue weighted by atomic mass is 16.5. The van der Waals surface area contributed by atoms with Gasteiger partial charge in [-0.15, -0.1) is 0 Å². The first-order valence-electron chi connectivity index (χ1n) is 7.02. The second-order valence-electron chi connectivity index (χ2n) is 4.80. The van der Waals surface area contributed by atoms with E-state index in [9.17, 15) is 4.79 Å². The van der Waals surface area contributed by atoms with Crippen LogP contribution in [0.1, 0.15) is 19.0 Å². The molecule has 0 spiro atoms. The Labute approximate surface area is 124 Å². The fraction of sp³-hybridized carbons (Fsp3) is 0.375. The molecule has 112 valence electrons. The van der Waals surface area contributed by atoms with Gasteiger partial charge in [0.15, 0.2) is 0 Å². The molecule has 0 aliphatic carbocycles. The van der Waals surface area contributed by atoms with E-state index in [4.69, 9.17) is 9.15 Å². The minimum absolute atomic E-state index is 0.241. The van der Waals surface area contributed by atoms with Crippen LogP contribution in [0, 0.1) is 0 Å². The summed E-state index contributed by atoms with van der Waals surface area (Å²) in [4.78, 5) is 17.9. The van der Waals surface area contributed by atoms with Crippen molar-refractivity contribution in [3.05, 3.63) is 42.3 Å². The largest absolute Gasteiger partial charge is 0.468 e. The van der Waals surface area contributed by atoms with Gasteiger partial charge in [0, 0.05) is 12.1 Å². The van der Waals surface area contributed by atoms with Crippen LogP contribution >= 0.6 is 0 Å². The highest BCUT2D eigenvalue weighted by molar-refractivity contribution is 5.71. The molecule has 5 heteroatoms. The Hall–Kier alpha value is -2.14. The Morgan fingerprint density at radius 2 is 2.10 bits per heavy atom. The van der Waals surface area contributed by atoms with Crippen molar-refractivity contribution in [2.45, 2.75) is 19.9 Å². The van der Waals surface area contributed by atoms with Crippen LogP contribution < -0.4 is 0 Å². The molecule has 0 aliphatic heterocycles. The van der Waals surface area contributed by atoms with E-state index in [-0.39, 0.29) is 12.5 Å². The zero-order valence-corrected chi connectivity index (χ0v) is 12.4. The number of hydrogen-bond acceptors (Lipinski definition) is 5. The van der Waals surface area contributed by atoms with E-state index in [2.05, 4.69) is 11.9 Å². The SMILES string of the molecule is CCCN(CC(=O)OC)Cc1coc(-c2ccccc2)n1. The minimum Gasteiger partial charge on any atom is -0.468 e. The molecule has 0 unspecified atom stereocenters. The summed E-state index contributed by atoms with van der Waals surface area (Å²) >= 11 is 0. The normalized spacial score (nSPS) is 10.8. The van der Waals surface area contributed by atoms with E-state index < -0.39 is 0 Å². The first-order valence-corrected chi connectivity index (χ1v) is 7.02. The quantitative estimate of drug-likeness (QED) is 0.733. The molecule has 0 N–H and O–H groups in total. The van der Waals surface area contributed by atoms with Crippen molar-refractivity contribution in [1.29, 1.82) is 0 Å². The summed E-state index contributed by atoms with van der Waals surface area (Å²) in [6.07, 6.45) is 2.60. The molecule has 1 aromatic heterocycles. The number of carbonyl (C=O) groups excluding carboxylic acids is 1. The summed E-state index contributed by atoms with van der Waals surface area (Å²) in [6.45, 7) is 3.71. The number of aromatic nitrogens is 1. The third-order valence-corrected chi connectivity index (χ3v) is 3.08. The van der Waals surface area contributed by atoms with Gasteiger partial charge in [-0.2, -0.15) is 0 Å². The van der Waals surface area contributed by atoms with Crippen molar-refractivity contribution in [2.24, 2.45) is 0 Å². The molecule has 0 amide bonds. The predicted octanol–water partition coefficient (Wildman–Crippen LogP) is 2.73. The average molecular weight is 288 g/mol. The molecule has 0 bridgehead atoms. The summed E-state index contributed by atoms with van der Waals surface area (Å²) < 4.78 is 10.2. The standard InChI is InChI=1S/C16H20N2O3/c1-3-9-18(11-15(19)20-2)10-14-12-21-16(17-14)13-7-5-4-6-8-13/h4-8,12H,3,9-11H2,1-2H3. The molecule has 1 aromatic carbocycles. The third kappa shape index (κ3) is 4.43. The molecule has 1 heterocycles. The van der Waals surface area contributed by atoms with E-state index in [1.165, 1.54) is 7.11 Å². The van der Waals surface area contributed by atoms with Gasteiger partial charge in [-0.3, -0.25) is 9.69 Å². The van der Waals surface area contributed by atoms with Gasteiger partial charge in [-0.05, 0) is 25.1 Å². The number of carbonyl (C=O) groups is 1. The van der Waals surface area contributed by atoms with Crippen molar-refractivity contribution < 1.29 is 13.9 Å². The second-order valence-corrected chi connectivity index (χ2v) is 4.80. The number of nitrogens with zero attached hydrogens (tertiary/aromatic N) is 2. The molecule has 0 saturated heterocycles. The smallest absolute Gasteiger partial charge is 0.319 e. The van der Waals surface area contributed by atoms with Gasteiger partial charge in [-0.25, -0.2) is 4.98 Å². The molecule has 0 saturated carbocycles. The van der Waals surface area contributed by atoms with Crippen molar-refractivity contribution >= 4 is 5.97 Å². The molecule has 21 heavy (non-hydrogen) atoms. The summed E-state index contributed by atoms with van der Waals surface area (Å²) in [7, 11) is 1.40. The lowest BCUT2D eigenvalue weighted by Gasteiger charge is -2.18. The van der Waals surface area contributed by atoms with Crippen LogP contribution in [0.3, 0.4) is 0 Å². The van der Waals surface area contributed by atoms with Crippen LogP contribution in [0.15, 0.2) is 41.0 Å². The lowest BCUT2D eigenvalue weighted by Crippen LogP contribution is -2.31. The van der Waals surface area contributed by atoms with E-state index in [1.807, 2.05) is 35.2 Å². The Morgan fingerprint density at radius 1 is 1.33 bits per heavy atom. The van der Waals surface area contributed by atoms with Crippen LogP contribution in [0.2, 0.25) is 0 Å². The molecule has 2 aromatic rings. The lowest BCUT2D eigenvalue weighted by atomic mass is 10.2. The summed E-state index contributed by atoms with van der Waals surface area (Å²) in [5.74, 6) is 0.357. The van der Waals surface area contributed by atoms with Crippen LogP contribution in [-0.4, -0.2) is 36.1 Å². The topological polar surface area (TPSA) is 55.6 Å². The number of hydrogen-bond donors (Lipinski definition) is 0. The van der Waals surface area contributed by atoms with Crippen LogP contribution in [0.25, 0.3) is 11.5 Å². The van der Waals surface area contributed by atoms with Gasteiger partial charge in [0.05, 0.1) is 19.3 Å². The first-order chi connectivity index (χ1) is 10.2. The Morgan fingerprint density at radius 3 is 2.76 bits per heavy atom. The van der Waals surface area contributed by atoms with Crippen LogP contribution in [0.4, 0.5) is 0 Å². The fourth-order valence-corrected chi connectivity index (χ4v) is 2.10. The number of rotatable bonds is 7. The zero-order chi connectivity index (χ0) is 15.1. The van der Waals surface area contributed by atoms with E-state index in [0.717, 1.165) is 24.2 Å². The molecule has 0 fully saturated rings. The van der Waals surface area contributed by atoms with Gasteiger partial charge in [0.2, 0.25) is 5.89 Å². The molecular formula is C16H20N2O3. The van der Waals surface area contributed by atoms with Gasteiger partial charge in [0.25, 0.3) is 0 Å². The fourth-order valence-electron chi connectivity index (χ4n) is 2.10. The maximum Gasteiger partial charge on any atom is 0.319 e. The maximum atomic E-state index is 11.4. The van der Waals surface area contributed by atoms with Gasteiger partial charge >= 0.3 is 5.97 Å². The second kappa shape index (κ2) is 7.59. The summed E-state index contributed by atoms with van der Waals surface area (Å²) in [5.41, 5.74) is 1.75. The summed E-state index contributed by atoms with van der Waals surface area (Å²) in [5, 5.41) is 0. The van der Waals surface area contributed by atoms with Gasteiger partial charge < -0.3 is 9.15 Å². The number of methoxy groups -OCH3 is 1. The molecular weight excluding hydrogens is 268 g/mol. The number of benzene rings is 1. The van der Waals surface area contributed by atoms with Crippen LogP contribution in [-0.2, 0) is 16.1 Å². The Kier molecular flexibility index (Phi) is 5.51. The molecule has 2 rings (SSSR count). The Bertz CT molecular complexity index is 566. The maximum absolute atomic E-state index is 11.4. The number of oxazole rings is 1. The molecule has 0 aliphatic rings. The van der Waals surface area contributed by atoms with Crippen molar-refractivity contribution in [3.8, 4) is 11.5 Å². The predicted molar refractivity (Wildman–Crippen MR) is 79.5 cm³/mol. The zero-order valence-electron chi connectivity index (χ0n) is 12.4. The van der Waals surface area contributed by atoms with Crippen molar-refractivity contribution in [1.82, 2.24) is 9.88 Å². The number of ether oxygens (including phenoxy) is 1. The minimum atomic E-state index is -0.241.